The van der Waals surface area contributed by atoms with Gasteiger partial charge in [-0.1, -0.05) is 30.3 Å². The van der Waals surface area contributed by atoms with E-state index in [1.807, 2.05) is 6.07 Å². The van der Waals surface area contributed by atoms with E-state index >= 15 is 0 Å². The van der Waals surface area contributed by atoms with Gasteiger partial charge in [-0.05, 0) is 29.9 Å². The molecule has 2 rings (SSSR count). The van der Waals surface area contributed by atoms with Crippen molar-refractivity contribution in [2.75, 3.05) is 57.8 Å². The fourth-order valence-corrected chi connectivity index (χ4v) is 4.22. The molecule has 0 fully saturated rings. The molecule has 0 aliphatic carbocycles. The van der Waals surface area contributed by atoms with Crippen LogP contribution < -0.4 is 20.1 Å². The molecule has 7 N–H and O–H groups in total. The Morgan fingerprint density at radius 2 is 1.20 bits per heavy atom. The highest BCUT2D eigenvalue weighted by Gasteiger charge is 2.20. The molecule has 0 aromatic heterocycles. The third-order valence-electron chi connectivity index (χ3n) is 5.85. The molecule has 244 valence electrons. The summed E-state index contributed by atoms with van der Waals surface area (Å²) in [5.74, 6) is -5.76. The van der Waals surface area contributed by atoms with Crippen molar-refractivity contribution in [2.24, 2.45) is 0 Å². The van der Waals surface area contributed by atoms with Gasteiger partial charge < -0.3 is 45.6 Å². The molecule has 45 heavy (non-hydrogen) atoms. The number of hydrogen-bond donors (Lipinski definition) is 7. The molecule has 0 aliphatic rings. The number of rotatable bonds is 21. The third-order valence-corrected chi connectivity index (χ3v) is 6.07. The minimum Gasteiger partial charge on any atom is -0.488 e. The van der Waals surface area contributed by atoms with Crippen LogP contribution in [0.1, 0.15) is 5.56 Å². The Bertz CT molecular complexity index is 1310. The van der Waals surface area contributed by atoms with Crippen molar-refractivity contribution < 1.29 is 59.0 Å². The van der Waals surface area contributed by atoms with Gasteiger partial charge in [-0.15, -0.1) is 0 Å². The van der Waals surface area contributed by atoms with E-state index in [4.69, 9.17) is 42.1 Å². The van der Waals surface area contributed by atoms with Crippen LogP contribution in [-0.4, -0.2) is 129 Å². The molecule has 16 nitrogen and oxygen atoms in total. The van der Waals surface area contributed by atoms with Crippen LogP contribution in [0.25, 0.3) is 0 Å². The van der Waals surface area contributed by atoms with Crippen LogP contribution in [0.15, 0.2) is 48.5 Å². The zero-order chi connectivity index (χ0) is 33.4. The van der Waals surface area contributed by atoms with Crippen molar-refractivity contribution >= 4 is 52.9 Å². The maximum absolute atomic E-state index is 11.8. The highest BCUT2D eigenvalue weighted by molar-refractivity contribution is 7.80. The minimum atomic E-state index is -1.23. The summed E-state index contributed by atoms with van der Waals surface area (Å²) < 4.78 is 11.5. The number of carbonyl (C=O) groups is 5. The predicted octanol–water partition coefficient (Wildman–Crippen LogP) is 0.369. The van der Waals surface area contributed by atoms with Gasteiger partial charge in [0.25, 0.3) is 0 Å². The first-order chi connectivity index (χ1) is 21.3. The van der Waals surface area contributed by atoms with Gasteiger partial charge >= 0.3 is 29.8 Å². The van der Waals surface area contributed by atoms with E-state index in [0.29, 0.717) is 5.69 Å². The normalized spacial score (nSPS) is 11.4. The number of carboxylic acids is 5. The van der Waals surface area contributed by atoms with E-state index in [0.717, 1.165) is 15.4 Å². The van der Waals surface area contributed by atoms with Crippen LogP contribution in [0.4, 0.5) is 5.69 Å². The highest BCUT2D eigenvalue weighted by atomic mass is 32.1. The van der Waals surface area contributed by atoms with Crippen molar-refractivity contribution in [3.8, 4) is 11.5 Å². The average Bonchev–Trinajstić information content (AvgIpc) is 2.93. The molecule has 2 aromatic carbocycles. The van der Waals surface area contributed by atoms with E-state index in [1.54, 1.807) is 24.3 Å². The summed E-state index contributed by atoms with van der Waals surface area (Å²) in [5.41, 5.74) is 1.13. The first-order valence-electron chi connectivity index (χ1n) is 13.4. The second-order valence-electron chi connectivity index (χ2n) is 9.53. The molecule has 0 radical (unpaired) electrons. The topological polar surface area (TPSA) is 235 Å². The highest BCUT2D eigenvalue weighted by Crippen LogP contribution is 2.31. The lowest BCUT2D eigenvalue weighted by Crippen LogP contribution is -2.44. The van der Waals surface area contributed by atoms with E-state index in [9.17, 15) is 29.1 Å². The van der Waals surface area contributed by atoms with Crippen molar-refractivity contribution in [1.29, 1.82) is 0 Å². The van der Waals surface area contributed by atoms with Crippen LogP contribution >= 0.6 is 12.2 Å². The quantitative estimate of drug-likeness (QED) is 0.0904. The van der Waals surface area contributed by atoms with Crippen molar-refractivity contribution in [1.82, 2.24) is 15.1 Å². The molecule has 17 heteroatoms. The van der Waals surface area contributed by atoms with Gasteiger partial charge in [0.2, 0.25) is 0 Å². The Morgan fingerprint density at radius 1 is 0.711 bits per heavy atom. The van der Waals surface area contributed by atoms with Gasteiger partial charge in [0.05, 0.1) is 26.2 Å². The number of hydrogen-bond acceptors (Lipinski definition) is 10. The molecule has 0 bridgehead atoms. The summed E-state index contributed by atoms with van der Waals surface area (Å²) in [7, 11) is 0. The van der Waals surface area contributed by atoms with Crippen LogP contribution in [0.2, 0.25) is 0 Å². The van der Waals surface area contributed by atoms with Gasteiger partial charge in [-0.2, -0.15) is 0 Å². The number of thiocarbonyl (C=S) groups is 1. The molecule has 0 amide bonds. The van der Waals surface area contributed by atoms with Crippen molar-refractivity contribution in [3.05, 3.63) is 54.1 Å². The smallest absolute Gasteiger partial charge is 0.326 e. The summed E-state index contributed by atoms with van der Waals surface area (Å²) in [6.45, 7) is -2.59. The summed E-state index contributed by atoms with van der Waals surface area (Å²) in [6.07, 6.45) is 0.156. The number of ether oxygens (including phenoxy) is 2. The monoisotopic (exact) mass is 650 g/mol. The molecule has 1 unspecified atom stereocenters. The van der Waals surface area contributed by atoms with Crippen LogP contribution in [0.3, 0.4) is 0 Å². The molecular weight excluding hydrogens is 616 g/mol. The van der Waals surface area contributed by atoms with Gasteiger partial charge in [0.1, 0.15) is 19.3 Å². The van der Waals surface area contributed by atoms with Gasteiger partial charge in [-0.3, -0.25) is 29.0 Å². The number of nitrogens with one attached hydrogen (secondary N) is 2. The Morgan fingerprint density at radius 3 is 1.67 bits per heavy atom. The van der Waals surface area contributed by atoms with E-state index < -0.39 is 62.1 Å². The lowest BCUT2D eigenvalue weighted by Gasteiger charge is -2.21. The lowest BCUT2D eigenvalue weighted by molar-refractivity contribution is -0.143. The number of aliphatic carboxylic acids is 5. The number of benzene rings is 2. The predicted molar refractivity (Wildman–Crippen MR) is 162 cm³/mol. The maximum atomic E-state index is 11.8. The molecule has 2 aromatic rings. The summed E-state index contributed by atoms with van der Waals surface area (Å²) in [5, 5.41) is 51.5. The number of carboxylic acid groups (broad SMARTS) is 5. The SMILES string of the molecule is O=C(O)CN(CCOc1ccc(NC(=S)NC(Cc2ccccc2)C(=O)O)cc1OCCN(CC(=O)O)CC(=O)O)CC(=O)O. The Labute approximate surface area is 262 Å². The molecule has 0 heterocycles. The van der Waals surface area contributed by atoms with Gasteiger partial charge in [0, 0.05) is 31.3 Å². The van der Waals surface area contributed by atoms with Crippen LogP contribution in [0, 0.1) is 0 Å². The first kappa shape index (κ1) is 36.2. The summed E-state index contributed by atoms with van der Waals surface area (Å²) in [6, 6.07) is 12.4. The molecular formula is C28H34N4O12S. The van der Waals surface area contributed by atoms with Gasteiger partial charge in [-0.25, -0.2) is 4.79 Å². The largest absolute Gasteiger partial charge is 0.488 e. The summed E-state index contributed by atoms with van der Waals surface area (Å²) >= 11 is 5.32. The van der Waals surface area contributed by atoms with Crippen LogP contribution in [-0.2, 0) is 30.4 Å². The number of nitrogens with zero attached hydrogens (tertiary/aromatic N) is 2. The number of anilines is 1. The fourth-order valence-electron chi connectivity index (χ4n) is 3.96. The standard InChI is InChI=1S/C28H34N4O12S/c33-23(34)14-31(15-24(35)36)8-10-43-21-7-6-19(13-22(21)44-11-9-32(16-25(37)38)17-26(39)40)29-28(45)30-20(27(41)42)12-18-4-2-1-3-5-18/h1-7,13,20H,8-12,14-17H2,(H,33,34)(H,35,36)(H,37,38)(H,39,40)(H,41,42)(H2,29,30,45). The van der Waals surface area contributed by atoms with E-state index in [1.165, 1.54) is 18.2 Å². The molecule has 0 saturated carbocycles. The second-order valence-corrected chi connectivity index (χ2v) is 9.94. The molecule has 0 aliphatic heterocycles. The zero-order valence-electron chi connectivity index (χ0n) is 24.0. The Balaban J connectivity index is 2.17. The Kier molecular flexibility index (Phi) is 15.0. The minimum absolute atomic E-state index is 0.00924. The zero-order valence-corrected chi connectivity index (χ0v) is 24.8. The van der Waals surface area contributed by atoms with Crippen LogP contribution in [0.5, 0.6) is 11.5 Å². The van der Waals surface area contributed by atoms with Crippen molar-refractivity contribution in [2.45, 2.75) is 12.5 Å². The summed E-state index contributed by atoms with van der Waals surface area (Å²) in [4.78, 5) is 58.5. The average molecular weight is 651 g/mol. The maximum Gasteiger partial charge on any atom is 0.326 e. The molecule has 0 saturated heterocycles. The van der Waals surface area contributed by atoms with Crippen molar-refractivity contribution in [3.63, 3.8) is 0 Å². The van der Waals surface area contributed by atoms with E-state index in [2.05, 4.69) is 10.6 Å². The molecule has 1 atom stereocenters. The third kappa shape index (κ3) is 14.8. The van der Waals surface area contributed by atoms with Gasteiger partial charge in [0.15, 0.2) is 16.6 Å². The first-order valence-corrected chi connectivity index (χ1v) is 13.8. The fraction of sp³-hybridized carbons (Fsp3) is 0.357. The second kappa shape index (κ2) is 18.6. The Hall–Kier alpha value is -5.00. The van der Waals surface area contributed by atoms with E-state index in [-0.39, 0.29) is 49.3 Å². The molecule has 0 spiro atoms. The lowest BCUT2D eigenvalue weighted by atomic mass is 10.1.